The molecule has 0 aliphatic carbocycles. The molecular formula is C6H10INO. The normalized spacial score (nSPS) is 35.9. The Morgan fingerprint density at radius 1 is 1.78 bits per heavy atom. The molecule has 1 saturated heterocycles. The molecule has 0 N–H and O–H groups in total. The van der Waals surface area contributed by atoms with Crippen molar-refractivity contribution in [1.82, 2.24) is 4.90 Å². The molecule has 2 nitrogen and oxygen atoms in total. The highest BCUT2D eigenvalue weighted by Crippen LogP contribution is 2.27. The molecule has 0 aromatic carbocycles. The first-order chi connectivity index (χ1) is 4.13. The van der Waals surface area contributed by atoms with E-state index >= 15 is 0 Å². The van der Waals surface area contributed by atoms with Gasteiger partial charge in [-0.15, -0.1) is 0 Å². The number of alkyl halides is 1. The Morgan fingerprint density at radius 3 is 2.44 bits per heavy atom. The summed E-state index contributed by atoms with van der Waals surface area (Å²) in [5, 5.41) is 0. The number of likely N-dealkylation sites (tertiary alicyclic amines) is 1. The predicted molar refractivity (Wildman–Crippen MR) is 44.4 cm³/mol. The van der Waals surface area contributed by atoms with Crippen LogP contribution >= 0.6 is 22.6 Å². The third kappa shape index (κ3) is 1.20. The van der Waals surface area contributed by atoms with E-state index in [-0.39, 0.29) is 5.91 Å². The lowest BCUT2D eigenvalue weighted by Gasteiger charge is -2.14. The average Bonchev–Trinajstić information content (AvgIpc) is 1.98. The quantitative estimate of drug-likeness (QED) is 0.354. The van der Waals surface area contributed by atoms with Crippen LogP contribution in [0.2, 0.25) is 0 Å². The highest BCUT2D eigenvalue weighted by molar-refractivity contribution is 14.1. The maximum absolute atomic E-state index is 10.9. The molecule has 0 saturated carbocycles. The molecule has 1 amide bonds. The zero-order chi connectivity index (χ0) is 7.02. The summed E-state index contributed by atoms with van der Waals surface area (Å²) < 4.78 is 0.412. The largest absolute Gasteiger partial charge is 0.334 e. The number of rotatable bonds is 0. The fourth-order valence-electron chi connectivity index (χ4n) is 1.04. The number of halogens is 1. The van der Waals surface area contributed by atoms with Crippen molar-refractivity contribution >= 4 is 28.5 Å². The van der Waals surface area contributed by atoms with Gasteiger partial charge >= 0.3 is 0 Å². The zero-order valence-corrected chi connectivity index (χ0v) is 7.75. The fourth-order valence-corrected chi connectivity index (χ4v) is 1.60. The van der Waals surface area contributed by atoms with Crippen molar-refractivity contribution < 1.29 is 4.79 Å². The van der Waals surface area contributed by atoms with Crippen LogP contribution in [-0.4, -0.2) is 21.9 Å². The zero-order valence-electron chi connectivity index (χ0n) is 5.60. The maximum Gasteiger partial charge on any atom is 0.223 e. The van der Waals surface area contributed by atoms with Crippen LogP contribution in [0.15, 0.2) is 0 Å². The van der Waals surface area contributed by atoms with Crippen LogP contribution in [-0.2, 0) is 4.79 Å². The monoisotopic (exact) mass is 239 g/mol. The van der Waals surface area contributed by atoms with Crippen LogP contribution in [0, 0.1) is 5.92 Å². The van der Waals surface area contributed by atoms with E-state index in [2.05, 4.69) is 29.5 Å². The molecule has 1 aliphatic heterocycles. The minimum Gasteiger partial charge on any atom is -0.334 e. The van der Waals surface area contributed by atoms with Gasteiger partial charge in [0.25, 0.3) is 0 Å². The Bertz CT molecular complexity index is 137. The molecular weight excluding hydrogens is 229 g/mol. The van der Waals surface area contributed by atoms with Gasteiger partial charge in [0.15, 0.2) is 0 Å². The molecule has 0 aromatic heterocycles. The number of carbonyl (C=O) groups excluding carboxylic acids is 1. The smallest absolute Gasteiger partial charge is 0.223 e. The van der Waals surface area contributed by atoms with E-state index in [0.29, 0.717) is 9.97 Å². The molecule has 2 atom stereocenters. The Labute approximate surface area is 68.7 Å². The van der Waals surface area contributed by atoms with Crippen LogP contribution in [0.3, 0.4) is 0 Å². The SMILES string of the molecule is CC1CC(=O)N(C)C1I. The lowest BCUT2D eigenvalue weighted by Crippen LogP contribution is -2.25. The van der Waals surface area contributed by atoms with Crippen molar-refractivity contribution in [3.63, 3.8) is 0 Å². The van der Waals surface area contributed by atoms with E-state index in [9.17, 15) is 4.79 Å². The van der Waals surface area contributed by atoms with Gasteiger partial charge < -0.3 is 4.90 Å². The van der Waals surface area contributed by atoms with Crippen molar-refractivity contribution in [2.75, 3.05) is 7.05 Å². The molecule has 52 valence electrons. The van der Waals surface area contributed by atoms with E-state index in [1.807, 2.05) is 11.9 Å². The Kier molecular flexibility index (Phi) is 1.98. The Hall–Kier alpha value is 0.200. The number of nitrogens with zero attached hydrogens (tertiary/aromatic N) is 1. The highest BCUT2D eigenvalue weighted by atomic mass is 127. The second-order valence-electron chi connectivity index (χ2n) is 2.56. The van der Waals surface area contributed by atoms with Crippen molar-refractivity contribution in [3.05, 3.63) is 0 Å². The van der Waals surface area contributed by atoms with Crippen LogP contribution in [0.1, 0.15) is 13.3 Å². The van der Waals surface area contributed by atoms with Crippen molar-refractivity contribution in [3.8, 4) is 0 Å². The lowest BCUT2D eigenvalue weighted by molar-refractivity contribution is -0.126. The van der Waals surface area contributed by atoms with Gasteiger partial charge in [-0.05, 0) is 5.92 Å². The highest BCUT2D eigenvalue weighted by Gasteiger charge is 2.31. The van der Waals surface area contributed by atoms with E-state index in [1.165, 1.54) is 0 Å². The number of hydrogen-bond donors (Lipinski definition) is 0. The summed E-state index contributed by atoms with van der Waals surface area (Å²) in [6, 6.07) is 0. The summed E-state index contributed by atoms with van der Waals surface area (Å²) in [6.07, 6.45) is 0.726. The maximum atomic E-state index is 10.9. The van der Waals surface area contributed by atoms with Crippen LogP contribution in [0.4, 0.5) is 0 Å². The Balaban J connectivity index is 2.65. The summed E-state index contributed by atoms with van der Waals surface area (Å²) in [5.74, 6) is 0.810. The molecule has 0 bridgehead atoms. The van der Waals surface area contributed by atoms with Gasteiger partial charge in [0, 0.05) is 13.5 Å². The first kappa shape index (κ1) is 7.31. The minimum atomic E-state index is 0.280. The van der Waals surface area contributed by atoms with Crippen molar-refractivity contribution in [1.29, 1.82) is 0 Å². The topological polar surface area (TPSA) is 20.3 Å². The molecule has 0 spiro atoms. The number of amides is 1. The third-order valence-corrected chi connectivity index (χ3v) is 3.79. The second kappa shape index (κ2) is 2.44. The van der Waals surface area contributed by atoms with Gasteiger partial charge in [0.05, 0.1) is 4.05 Å². The van der Waals surface area contributed by atoms with Gasteiger partial charge in [-0.2, -0.15) is 0 Å². The molecule has 3 heteroatoms. The van der Waals surface area contributed by atoms with Crippen molar-refractivity contribution in [2.24, 2.45) is 5.92 Å². The van der Waals surface area contributed by atoms with E-state index < -0.39 is 0 Å². The molecule has 1 aliphatic rings. The van der Waals surface area contributed by atoms with Gasteiger partial charge in [-0.25, -0.2) is 0 Å². The molecule has 0 aromatic rings. The summed E-state index contributed by atoms with van der Waals surface area (Å²) in [5.41, 5.74) is 0. The molecule has 1 fully saturated rings. The average molecular weight is 239 g/mol. The number of carbonyl (C=O) groups is 1. The van der Waals surface area contributed by atoms with Gasteiger partial charge in [-0.3, -0.25) is 4.79 Å². The minimum absolute atomic E-state index is 0.280. The summed E-state index contributed by atoms with van der Waals surface area (Å²) in [6.45, 7) is 2.11. The van der Waals surface area contributed by atoms with E-state index in [1.54, 1.807) is 0 Å². The predicted octanol–water partition coefficient (Wildman–Crippen LogP) is 1.25. The lowest BCUT2D eigenvalue weighted by atomic mass is 10.2. The molecule has 0 radical (unpaired) electrons. The molecule has 1 rings (SSSR count). The molecule has 1 heterocycles. The Morgan fingerprint density at radius 2 is 2.33 bits per heavy atom. The van der Waals surface area contributed by atoms with Crippen molar-refractivity contribution in [2.45, 2.75) is 17.4 Å². The van der Waals surface area contributed by atoms with Crippen LogP contribution in [0.5, 0.6) is 0 Å². The third-order valence-electron chi connectivity index (χ3n) is 1.73. The first-order valence-electron chi connectivity index (χ1n) is 3.02. The van der Waals surface area contributed by atoms with Crippen LogP contribution in [0.25, 0.3) is 0 Å². The molecule has 9 heavy (non-hydrogen) atoms. The van der Waals surface area contributed by atoms with Gasteiger partial charge in [0.2, 0.25) is 5.91 Å². The summed E-state index contributed by atoms with van der Waals surface area (Å²) >= 11 is 2.30. The van der Waals surface area contributed by atoms with Gasteiger partial charge in [-0.1, -0.05) is 29.5 Å². The first-order valence-corrected chi connectivity index (χ1v) is 4.27. The summed E-state index contributed by atoms with van der Waals surface area (Å²) in [4.78, 5) is 12.7. The van der Waals surface area contributed by atoms with Crippen LogP contribution < -0.4 is 0 Å². The second-order valence-corrected chi connectivity index (χ2v) is 3.83. The van der Waals surface area contributed by atoms with E-state index in [0.717, 1.165) is 6.42 Å². The number of hydrogen-bond acceptors (Lipinski definition) is 1. The fraction of sp³-hybridized carbons (Fsp3) is 0.833. The van der Waals surface area contributed by atoms with Gasteiger partial charge in [0.1, 0.15) is 0 Å². The molecule has 2 unspecified atom stereocenters. The van der Waals surface area contributed by atoms with E-state index in [4.69, 9.17) is 0 Å². The standard InChI is InChI=1S/C6H10INO/c1-4-3-5(9)8(2)6(4)7/h4,6H,3H2,1-2H3. The summed E-state index contributed by atoms with van der Waals surface area (Å²) in [7, 11) is 1.86.